The number of hydrogen-bond acceptors (Lipinski definition) is 8. The smallest absolute Gasteiger partial charge is 0.229 e. The largest absolute Gasteiger partial charge is 0.352 e. The van der Waals surface area contributed by atoms with Gasteiger partial charge < -0.3 is 10.2 Å². The van der Waals surface area contributed by atoms with Crippen LogP contribution in [0.1, 0.15) is 24.8 Å². The molecule has 3 aliphatic rings. The molecule has 3 fully saturated rings. The molecular weight excluding hydrogens is 409 g/mol. The molecule has 2 aromatic heterocycles. The van der Waals surface area contributed by atoms with Gasteiger partial charge in [0.05, 0.1) is 23.5 Å². The van der Waals surface area contributed by atoms with E-state index < -0.39 is 6.17 Å². The van der Waals surface area contributed by atoms with Gasteiger partial charge in [-0.15, -0.1) is 0 Å². The molecule has 2 atom stereocenters. The van der Waals surface area contributed by atoms with Gasteiger partial charge in [-0.2, -0.15) is 15.3 Å². The average molecular weight is 440 g/mol. The Hall–Kier alpha value is -2.77. The van der Waals surface area contributed by atoms with Crippen molar-refractivity contribution >= 4 is 17.5 Å². The first kappa shape index (κ1) is 21.1. The number of aromatic nitrogens is 4. The Morgan fingerprint density at radius 1 is 1.28 bits per heavy atom. The van der Waals surface area contributed by atoms with Crippen LogP contribution in [-0.4, -0.2) is 86.6 Å². The molecule has 0 bridgehead atoms. The summed E-state index contributed by atoms with van der Waals surface area (Å²) < 4.78 is 15.7. The summed E-state index contributed by atoms with van der Waals surface area (Å²) in [7, 11) is 1.87. The number of nitriles is 1. The predicted octanol–water partition coefficient (Wildman–Crippen LogP) is 1.85. The molecule has 0 aromatic carbocycles. The van der Waals surface area contributed by atoms with E-state index in [9.17, 15) is 9.65 Å². The lowest BCUT2D eigenvalue weighted by Crippen LogP contribution is -2.73. The average Bonchev–Trinajstić information content (AvgIpc) is 3.32. The van der Waals surface area contributed by atoms with Crippen molar-refractivity contribution < 1.29 is 4.39 Å². The Labute approximate surface area is 187 Å². The maximum Gasteiger partial charge on any atom is 0.229 e. The normalized spacial score (nSPS) is 25.2. The minimum atomic E-state index is -0.706. The second-order valence-corrected chi connectivity index (χ2v) is 9.39. The number of piperazine rings is 1. The number of rotatable bonds is 6. The molecule has 0 saturated carbocycles. The first-order valence-electron chi connectivity index (χ1n) is 11.3. The maximum atomic E-state index is 13.9. The summed E-state index contributed by atoms with van der Waals surface area (Å²) >= 11 is 0. The summed E-state index contributed by atoms with van der Waals surface area (Å²) in [6.07, 6.45) is 6.74. The van der Waals surface area contributed by atoms with Crippen LogP contribution in [0.15, 0.2) is 18.6 Å². The molecule has 9 nitrogen and oxygen atoms in total. The molecule has 3 aliphatic heterocycles. The summed E-state index contributed by atoms with van der Waals surface area (Å²) in [5.41, 5.74) is 1.82. The van der Waals surface area contributed by atoms with Crippen LogP contribution in [0.5, 0.6) is 0 Å². The standard InChI is InChI=1S/C22H30FN9/c1-16-9-25-21(27-18-10-26-29(2)12-18)28-20(16)31-14-22(15-31,4-3-5-24)32-7-6-30-11-17(23)8-19(30)13-32/h9-10,12,17,19H,3-4,6-8,11,13-15H2,1-2H3,(H,25,27,28)/t17-,19+/m1/s1. The topological polar surface area (TPSA) is 89.1 Å². The van der Waals surface area contributed by atoms with Gasteiger partial charge in [0, 0.05) is 76.7 Å². The van der Waals surface area contributed by atoms with E-state index in [4.69, 9.17) is 4.98 Å². The summed E-state index contributed by atoms with van der Waals surface area (Å²) in [6, 6.07) is 2.62. The third-order valence-corrected chi connectivity index (χ3v) is 7.11. The minimum Gasteiger partial charge on any atom is -0.352 e. The van der Waals surface area contributed by atoms with Crippen molar-refractivity contribution in [2.45, 2.75) is 43.9 Å². The minimum absolute atomic E-state index is 0.0510. The number of hydrogen-bond donors (Lipinski definition) is 1. The third kappa shape index (κ3) is 3.91. The van der Waals surface area contributed by atoms with E-state index in [-0.39, 0.29) is 5.54 Å². The molecule has 0 aliphatic carbocycles. The van der Waals surface area contributed by atoms with Gasteiger partial charge in [-0.3, -0.25) is 14.5 Å². The van der Waals surface area contributed by atoms with Crippen molar-refractivity contribution in [2.75, 3.05) is 49.5 Å². The van der Waals surface area contributed by atoms with Gasteiger partial charge in [0.25, 0.3) is 0 Å². The zero-order valence-corrected chi connectivity index (χ0v) is 18.7. The number of halogens is 1. The first-order chi connectivity index (χ1) is 15.5. The number of fused-ring (bicyclic) bond motifs is 1. The highest BCUT2D eigenvalue weighted by atomic mass is 19.1. The number of nitrogens with zero attached hydrogens (tertiary/aromatic N) is 8. The van der Waals surface area contributed by atoms with E-state index in [1.54, 1.807) is 10.9 Å². The Morgan fingerprint density at radius 3 is 2.88 bits per heavy atom. The Balaban J connectivity index is 1.31. The fourth-order valence-corrected chi connectivity index (χ4v) is 5.46. The second kappa shape index (κ2) is 8.30. The third-order valence-electron chi connectivity index (χ3n) is 7.11. The van der Waals surface area contributed by atoms with Gasteiger partial charge in [-0.05, 0) is 19.8 Å². The van der Waals surface area contributed by atoms with Crippen LogP contribution in [-0.2, 0) is 7.05 Å². The molecule has 0 spiro atoms. The highest BCUT2D eigenvalue weighted by Crippen LogP contribution is 2.39. The van der Waals surface area contributed by atoms with E-state index in [1.807, 2.05) is 26.4 Å². The van der Waals surface area contributed by atoms with Crippen molar-refractivity contribution in [2.24, 2.45) is 7.05 Å². The van der Waals surface area contributed by atoms with Crippen molar-refractivity contribution in [1.29, 1.82) is 5.26 Å². The van der Waals surface area contributed by atoms with Crippen LogP contribution in [0.3, 0.4) is 0 Å². The predicted molar refractivity (Wildman–Crippen MR) is 119 cm³/mol. The van der Waals surface area contributed by atoms with Gasteiger partial charge in [0.15, 0.2) is 0 Å². The highest BCUT2D eigenvalue weighted by molar-refractivity contribution is 5.57. The van der Waals surface area contributed by atoms with Crippen molar-refractivity contribution in [3.05, 3.63) is 24.2 Å². The first-order valence-corrected chi connectivity index (χ1v) is 11.3. The van der Waals surface area contributed by atoms with Crippen LogP contribution < -0.4 is 10.2 Å². The molecule has 170 valence electrons. The molecule has 0 unspecified atom stereocenters. The zero-order chi connectivity index (χ0) is 22.3. The fourth-order valence-electron chi connectivity index (χ4n) is 5.46. The maximum absolute atomic E-state index is 13.9. The Morgan fingerprint density at radius 2 is 2.12 bits per heavy atom. The summed E-state index contributed by atoms with van der Waals surface area (Å²) in [5, 5.41) is 16.7. The van der Waals surface area contributed by atoms with E-state index in [0.29, 0.717) is 31.4 Å². The molecule has 0 amide bonds. The van der Waals surface area contributed by atoms with Gasteiger partial charge in [-0.25, -0.2) is 9.37 Å². The summed E-state index contributed by atoms with van der Waals surface area (Å²) in [5.74, 6) is 1.46. The highest BCUT2D eigenvalue weighted by Gasteiger charge is 2.50. The molecule has 0 radical (unpaired) electrons. The van der Waals surface area contributed by atoms with Crippen LogP contribution in [0.4, 0.5) is 21.8 Å². The summed E-state index contributed by atoms with van der Waals surface area (Å²) in [6.45, 7) is 6.97. The molecule has 32 heavy (non-hydrogen) atoms. The number of anilines is 3. The van der Waals surface area contributed by atoms with E-state index in [1.165, 1.54) is 0 Å². The number of aryl methyl sites for hydroxylation is 2. The number of alkyl halides is 1. The molecule has 5 heterocycles. The Kier molecular flexibility index (Phi) is 5.47. The van der Waals surface area contributed by atoms with Gasteiger partial charge in [0.2, 0.25) is 5.95 Å². The second-order valence-electron chi connectivity index (χ2n) is 9.39. The summed E-state index contributed by atoms with van der Waals surface area (Å²) in [4.78, 5) is 16.3. The monoisotopic (exact) mass is 439 g/mol. The molecule has 10 heteroatoms. The van der Waals surface area contributed by atoms with Crippen molar-refractivity contribution in [1.82, 2.24) is 29.5 Å². The lowest BCUT2D eigenvalue weighted by atomic mass is 9.82. The molecule has 2 aromatic rings. The van der Waals surface area contributed by atoms with E-state index >= 15 is 0 Å². The van der Waals surface area contributed by atoms with Gasteiger partial charge >= 0.3 is 0 Å². The van der Waals surface area contributed by atoms with Crippen LogP contribution in [0, 0.1) is 18.3 Å². The molecule has 3 saturated heterocycles. The van der Waals surface area contributed by atoms with Crippen LogP contribution in [0.25, 0.3) is 0 Å². The zero-order valence-electron chi connectivity index (χ0n) is 18.7. The van der Waals surface area contributed by atoms with Gasteiger partial charge in [0.1, 0.15) is 12.0 Å². The SMILES string of the molecule is Cc1cnc(Nc2cnn(C)c2)nc1N1CC(CCC#N)(N2CCN3C[C@H](F)C[C@H]3C2)C1. The lowest BCUT2D eigenvalue weighted by Gasteiger charge is -2.59. The molecule has 5 rings (SSSR count). The quantitative estimate of drug-likeness (QED) is 0.730. The molecular formula is C22H30FN9. The van der Waals surface area contributed by atoms with E-state index in [2.05, 4.69) is 36.2 Å². The fraction of sp³-hybridized carbons (Fsp3) is 0.636. The van der Waals surface area contributed by atoms with Crippen molar-refractivity contribution in [3.63, 3.8) is 0 Å². The van der Waals surface area contributed by atoms with Gasteiger partial charge in [-0.1, -0.05) is 0 Å². The molecule has 1 N–H and O–H groups in total. The van der Waals surface area contributed by atoms with E-state index in [0.717, 1.165) is 56.2 Å². The van der Waals surface area contributed by atoms with Crippen LogP contribution >= 0.6 is 0 Å². The number of nitrogens with one attached hydrogen (secondary N) is 1. The lowest BCUT2D eigenvalue weighted by molar-refractivity contribution is -0.00730. The van der Waals surface area contributed by atoms with Crippen molar-refractivity contribution in [3.8, 4) is 6.07 Å². The Bertz CT molecular complexity index is 1010. The van der Waals surface area contributed by atoms with Crippen LogP contribution in [0.2, 0.25) is 0 Å².